The number of hydrogen-bond acceptors (Lipinski definition) is 13. The first-order chi connectivity index (χ1) is 15.1. The number of aliphatic hydroxyl groups excluding tert-OH is 5. The van der Waals surface area contributed by atoms with E-state index in [0.717, 1.165) is 0 Å². The predicted molar refractivity (Wildman–Crippen MR) is 102 cm³/mol. The van der Waals surface area contributed by atoms with Gasteiger partial charge in [0.2, 0.25) is 12.0 Å². The molecule has 13 nitrogen and oxygen atoms in total. The van der Waals surface area contributed by atoms with E-state index in [1.54, 1.807) is 0 Å². The van der Waals surface area contributed by atoms with Crippen molar-refractivity contribution in [3.8, 4) is 23.0 Å². The van der Waals surface area contributed by atoms with E-state index in [9.17, 15) is 35.7 Å². The van der Waals surface area contributed by atoms with Crippen LogP contribution in [0.2, 0.25) is 0 Å². The molecular weight excluding hydrogens is 436 g/mol. The molecule has 32 heavy (non-hydrogen) atoms. The van der Waals surface area contributed by atoms with Crippen molar-refractivity contribution in [3.63, 3.8) is 0 Å². The van der Waals surface area contributed by atoms with Crippen molar-refractivity contribution in [2.24, 2.45) is 0 Å². The molecule has 0 amide bonds. The minimum Gasteiger partial charge on any atom is -0.502 e. The van der Waals surface area contributed by atoms with Gasteiger partial charge in [-0.1, -0.05) is 0 Å². The van der Waals surface area contributed by atoms with Gasteiger partial charge in [0.25, 0.3) is 0 Å². The largest absolute Gasteiger partial charge is 0.502 e. The molecule has 182 valence electrons. The molecule has 2 aliphatic rings. The van der Waals surface area contributed by atoms with Crippen LogP contribution < -0.4 is 14.2 Å². The SMILES string of the molecule is COc1cc(O[C@@H]2O[C@H](CO[C@@H]3OC[C@](O)(CO)[C@H]3O)[C@@H](O)[C@H](O)[C@H]2O)cc(OC)c1O. The number of benzene rings is 1. The van der Waals surface area contributed by atoms with E-state index < -0.39 is 61.9 Å². The van der Waals surface area contributed by atoms with Crippen LogP contribution in [0.4, 0.5) is 0 Å². The highest BCUT2D eigenvalue weighted by Gasteiger charge is 2.50. The predicted octanol–water partition coefficient (Wildman–Crippen LogP) is -2.95. The Labute approximate surface area is 182 Å². The summed E-state index contributed by atoms with van der Waals surface area (Å²) in [4.78, 5) is 0. The van der Waals surface area contributed by atoms with Crippen LogP contribution >= 0.6 is 0 Å². The maximum atomic E-state index is 10.3. The maximum Gasteiger partial charge on any atom is 0.229 e. The Bertz CT molecular complexity index is 751. The summed E-state index contributed by atoms with van der Waals surface area (Å²) in [6, 6.07) is 2.60. The van der Waals surface area contributed by atoms with E-state index in [0.29, 0.717) is 0 Å². The summed E-state index contributed by atoms with van der Waals surface area (Å²) in [5, 5.41) is 70.0. The van der Waals surface area contributed by atoms with Gasteiger partial charge in [-0.15, -0.1) is 0 Å². The maximum absolute atomic E-state index is 10.3. The topological polar surface area (TPSA) is 197 Å². The van der Waals surface area contributed by atoms with E-state index >= 15 is 0 Å². The van der Waals surface area contributed by atoms with Gasteiger partial charge in [-0.2, -0.15) is 0 Å². The number of phenolic OH excluding ortho intramolecular Hbond substituents is 1. The fourth-order valence-electron chi connectivity index (χ4n) is 3.35. The Kier molecular flexibility index (Phi) is 7.65. The average Bonchev–Trinajstić information content (AvgIpc) is 3.08. The number of aromatic hydroxyl groups is 1. The first-order valence-electron chi connectivity index (χ1n) is 9.71. The Morgan fingerprint density at radius 1 is 1.00 bits per heavy atom. The van der Waals surface area contributed by atoms with Gasteiger partial charge in [-0.25, -0.2) is 0 Å². The molecule has 1 aromatic carbocycles. The highest BCUT2D eigenvalue weighted by atomic mass is 16.7. The second-order valence-electron chi connectivity index (χ2n) is 7.53. The molecule has 3 rings (SSSR count). The Morgan fingerprint density at radius 2 is 1.62 bits per heavy atom. The van der Waals surface area contributed by atoms with E-state index in [-0.39, 0.29) is 29.6 Å². The molecule has 2 aliphatic heterocycles. The third-order valence-electron chi connectivity index (χ3n) is 5.38. The van der Waals surface area contributed by atoms with Crippen molar-refractivity contribution < 1.29 is 64.2 Å². The molecule has 1 aromatic rings. The lowest BCUT2D eigenvalue weighted by Crippen LogP contribution is -2.60. The number of methoxy groups -OCH3 is 2. The average molecular weight is 464 g/mol. The molecule has 0 spiro atoms. The minimum absolute atomic E-state index is 0.0221. The van der Waals surface area contributed by atoms with Crippen molar-refractivity contribution in [2.45, 2.75) is 48.7 Å². The van der Waals surface area contributed by atoms with Gasteiger partial charge in [-0.05, 0) is 0 Å². The van der Waals surface area contributed by atoms with Crippen LogP contribution in [0.1, 0.15) is 0 Å². The van der Waals surface area contributed by atoms with Crippen molar-refractivity contribution in [1.29, 1.82) is 0 Å². The van der Waals surface area contributed by atoms with Gasteiger partial charge in [0.05, 0.1) is 34.0 Å². The third kappa shape index (κ3) is 4.71. The van der Waals surface area contributed by atoms with Crippen molar-refractivity contribution in [2.75, 3.05) is 34.0 Å². The zero-order valence-electron chi connectivity index (χ0n) is 17.4. The third-order valence-corrected chi connectivity index (χ3v) is 5.38. The lowest BCUT2D eigenvalue weighted by atomic mass is 9.99. The van der Waals surface area contributed by atoms with E-state index in [1.807, 2.05) is 0 Å². The Morgan fingerprint density at radius 3 is 2.16 bits per heavy atom. The normalized spacial score (nSPS) is 37.3. The van der Waals surface area contributed by atoms with E-state index in [2.05, 4.69) is 0 Å². The highest BCUT2D eigenvalue weighted by Crippen LogP contribution is 2.40. The minimum atomic E-state index is -1.89. The zero-order valence-corrected chi connectivity index (χ0v) is 17.4. The molecular formula is C19H28O13. The summed E-state index contributed by atoms with van der Waals surface area (Å²) in [5.41, 5.74) is -1.89. The molecule has 8 atom stereocenters. The fraction of sp³-hybridized carbons (Fsp3) is 0.684. The summed E-state index contributed by atoms with van der Waals surface area (Å²) in [5.74, 6) is -0.166. The van der Waals surface area contributed by atoms with Crippen LogP contribution in [0.25, 0.3) is 0 Å². The smallest absolute Gasteiger partial charge is 0.229 e. The van der Waals surface area contributed by atoms with Crippen molar-refractivity contribution in [3.05, 3.63) is 12.1 Å². The summed E-state index contributed by atoms with van der Waals surface area (Å²) in [6.45, 7) is -1.55. The Hall–Kier alpha value is -1.94. The number of rotatable bonds is 8. The molecule has 0 aromatic heterocycles. The quantitative estimate of drug-likeness (QED) is 0.206. The fourth-order valence-corrected chi connectivity index (χ4v) is 3.35. The molecule has 0 saturated carbocycles. The first-order valence-corrected chi connectivity index (χ1v) is 9.71. The molecule has 13 heteroatoms. The van der Waals surface area contributed by atoms with Gasteiger partial charge < -0.3 is 64.2 Å². The van der Waals surface area contributed by atoms with Crippen molar-refractivity contribution >= 4 is 0 Å². The number of phenols is 1. The molecule has 0 aliphatic carbocycles. The molecule has 0 radical (unpaired) electrons. The van der Waals surface area contributed by atoms with Crippen molar-refractivity contribution in [1.82, 2.24) is 0 Å². The summed E-state index contributed by atoms with van der Waals surface area (Å²) in [6.07, 6.45) is -10.5. The molecule has 7 N–H and O–H groups in total. The standard InChI is InChI=1S/C19H28O13/c1-27-9-3-8(4-10(28-2)12(9)21)31-17-15(24)14(23)13(22)11(32-17)5-29-18-16(25)19(26,6-20)7-30-18/h3-4,11,13-18,20-26H,5-7H2,1-2H3/t11-,13-,14+,15-,16+,17-,18-,19-/m1/s1. The highest BCUT2D eigenvalue weighted by molar-refractivity contribution is 5.54. The Balaban J connectivity index is 1.69. The second-order valence-corrected chi connectivity index (χ2v) is 7.53. The molecule has 2 heterocycles. The first kappa shape index (κ1) is 24.7. The van der Waals surface area contributed by atoms with Crippen LogP contribution in [0.3, 0.4) is 0 Å². The number of aliphatic hydroxyl groups is 6. The van der Waals surface area contributed by atoms with Gasteiger partial charge >= 0.3 is 0 Å². The van der Waals surface area contributed by atoms with Gasteiger partial charge in [0, 0.05) is 12.1 Å². The van der Waals surface area contributed by atoms with Crippen LogP contribution in [-0.2, 0) is 14.2 Å². The van der Waals surface area contributed by atoms with Gasteiger partial charge in [0.1, 0.15) is 41.9 Å². The van der Waals surface area contributed by atoms with Crippen LogP contribution in [-0.4, -0.2) is 118 Å². The van der Waals surface area contributed by atoms with Crippen LogP contribution in [0.15, 0.2) is 12.1 Å². The van der Waals surface area contributed by atoms with E-state index in [4.69, 9.17) is 28.4 Å². The van der Waals surface area contributed by atoms with Crippen LogP contribution in [0, 0.1) is 0 Å². The molecule has 0 bridgehead atoms. The lowest BCUT2D eigenvalue weighted by Gasteiger charge is -2.40. The van der Waals surface area contributed by atoms with E-state index in [1.165, 1.54) is 26.4 Å². The molecule has 2 fully saturated rings. The second kappa shape index (κ2) is 9.91. The van der Waals surface area contributed by atoms with Gasteiger partial charge in [-0.3, -0.25) is 0 Å². The molecule has 0 unspecified atom stereocenters. The summed E-state index contributed by atoms with van der Waals surface area (Å²) < 4.78 is 31.6. The lowest BCUT2D eigenvalue weighted by molar-refractivity contribution is -0.289. The number of ether oxygens (including phenoxy) is 6. The summed E-state index contributed by atoms with van der Waals surface area (Å²) >= 11 is 0. The number of hydrogen-bond donors (Lipinski definition) is 7. The van der Waals surface area contributed by atoms with Crippen LogP contribution in [0.5, 0.6) is 23.0 Å². The summed E-state index contributed by atoms with van der Waals surface area (Å²) in [7, 11) is 2.63. The zero-order chi connectivity index (χ0) is 23.6. The van der Waals surface area contributed by atoms with Gasteiger partial charge in [0.15, 0.2) is 17.8 Å². The monoisotopic (exact) mass is 464 g/mol. The molecule has 2 saturated heterocycles.